The molecule has 28 heavy (non-hydrogen) atoms. The lowest BCUT2D eigenvalue weighted by molar-refractivity contribution is -0.119. The number of carbonyl (C=O) groups is 2. The van der Waals surface area contributed by atoms with Gasteiger partial charge in [-0.3, -0.25) is 9.59 Å². The van der Waals surface area contributed by atoms with Crippen LogP contribution in [0.4, 0.5) is 5.69 Å². The number of benzene rings is 2. The van der Waals surface area contributed by atoms with Gasteiger partial charge in [0, 0.05) is 13.0 Å². The van der Waals surface area contributed by atoms with Crippen molar-refractivity contribution >= 4 is 17.5 Å². The summed E-state index contributed by atoms with van der Waals surface area (Å²) in [5.41, 5.74) is 3.86. The van der Waals surface area contributed by atoms with Crippen LogP contribution in [0.25, 0.3) is 0 Å². The number of fused-ring (bicyclic) bond motifs is 1. The average Bonchev–Trinajstić information content (AvgIpc) is 3.54. The highest BCUT2D eigenvalue weighted by molar-refractivity contribution is 6.05. The number of carbonyl (C=O) groups excluding carboxylic acids is 2. The quantitative estimate of drug-likeness (QED) is 0.848. The molecule has 0 bridgehead atoms. The summed E-state index contributed by atoms with van der Waals surface area (Å²) in [5, 5.41) is 3.23. The maximum atomic E-state index is 13.2. The van der Waals surface area contributed by atoms with Gasteiger partial charge in [0.05, 0.1) is 17.3 Å². The van der Waals surface area contributed by atoms with Gasteiger partial charge >= 0.3 is 0 Å². The van der Waals surface area contributed by atoms with Crippen LogP contribution in [0, 0.1) is 5.92 Å². The molecule has 0 aliphatic heterocycles. The smallest absolute Gasteiger partial charge is 0.253 e. The molecule has 4 rings (SSSR count). The van der Waals surface area contributed by atoms with Crippen molar-refractivity contribution in [3.05, 3.63) is 65.2 Å². The fourth-order valence-electron chi connectivity index (χ4n) is 4.28. The van der Waals surface area contributed by atoms with Crippen molar-refractivity contribution in [3.63, 3.8) is 0 Å². The Kier molecular flexibility index (Phi) is 4.74. The van der Waals surface area contributed by atoms with Gasteiger partial charge < -0.3 is 10.2 Å². The molecule has 0 spiro atoms. The number of rotatable bonds is 4. The van der Waals surface area contributed by atoms with E-state index in [0.717, 1.165) is 25.7 Å². The standard InChI is InChI=1S/C24H28N2O2/c1-24(2)15-14-20(17-8-4-6-10-19(17)24)25-22(27)18-9-5-7-11-21(18)26(3)23(28)16-12-13-16/h4-11,16,20H,12-15H2,1-3H3,(H,25,27). The number of hydrogen-bond donors (Lipinski definition) is 1. The third-order valence-electron chi connectivity index (χ3n) is 6.20. The molecule has 146 valence electrons. The second kappa shape index (κ2) is 7.08. The summed E-state index contributed by atoms with van der Waals surface area (Å²) in [7, 11) is 1.77. The van der Waals surface area contributed by atoms with E-state index in [2.05, 4.69) is 37.4 Å². The zero-order valence-corrected chi connectivity index (χ0v) is 16.9. The predicted molar refractivity (Wildman–Crippen MR) is 111 cm³/mol. The summed E-state index contributed by atoms with van der Waals surface area (Å²) in [6, 6.07) is 15.8. The van der Waals surface area contributed by atoms with Crippen molar-refractivity contribution in [2.24, 2.45) is 5.92 Å². The largest absolute Gasteiger partial charge is 0.345 e. The fraction of sp³-hybridized carbons (Fsp3) is 0.417. The molecule has 2 aliphatic rings. The third kappa shape index (κ3) is 3.44. The van der Waals surface area contributed by atoms with Crippen LogP contribution < -0.4 is 10.2 Å². The zero-order valence-electron chi connectivity index (χ0n) is 16.9. The molecule has 2 aromatic carbocycles. The highest BCUT2D eigenvalue weighted by Gasteiger charge is 2.35. The van der Waals surface area contributed by atoms with Gasteiger partial charge in [-0.05, 0) is 54.4 Å². The fourth-order valence-corrected chi connectivity index (χ4v) is 4.28. The molecule has 0 radical (unpaired) electrons. The molecule has 1 fully saturated rings. The molecule has 1 N–H and O–H groups in total. The van der Waals surface area contributed by atoms with Crippen LogP contribution in [0.15, 0.2) is 48.5 Å². The SMILES string of the molecule is CN(C(=O)C1CC1)c1ccccc1C(=O)NC1CCC(C)(C)c2ccccc21. The Morgan fingerprint density at radius 1 is 1.00 bits per heavy atom. The van der Waals surface area contributed by atoms with E-state index in [1.165, 1.54) is 11.1 Å². The Balaban J connectivity index is 1.59. The molecule has 2 amide bonds. The normalized spacial score (nSPS) is 20.2. The highest BCUT2D eigenvalue weighted by Crippen LogP contribution is 2.41. The summed E-state index contributed by atoms with van der Waals surface area (Å²) in [6.07, 6.45) is 3.84. The van der Waals surface area contributed by atoms with E-state index in [0.29, 0.717) is 11.3 Å². The molecule has 4 heteroatoms. The summed E-state index contributed by atoms with van der Waals surface area (Å²) < 4.78 is 0. The lowest BCUT2D eigenvalue weighted by Crippen LogP contribution is -2.37. The molecule has 2 aliphatic carbocycles. The molecule has 0 heterocycles. The number of hydrogen-bond acceptors (Lipinski definition) is 2. The minimum atomic E-state index is -0.120. The first-order valence-electron chi connectivity index (χ1n) is 10.2. The molecule has 1 unspecified atom stereocenters. The zero-order chi connectivity index (χ0) is 19.9. The maximum Gasteiger partial charge on any atom is 0.253 e. The lowest BCUT2D eigenvalue weighted by atomic mass is 9.71. The van der Waals surface area contributed by atoms with Gasteiger partial charge in [-0.15, -0.1) is 0 Å². The van der Waals surface area contributed by atoms with Crippen molar-refractivity contribution < 1.29 is 9.59 Å². The molecule has 0 saturated heterocycles. The number of para-hydroxylation sites is 1. The van der Waals surface area contributed by atoms with Crippen LogP contribution in [-0.4, -0.2) is 18.9 Å². The van der Waals surface area contributed by atoms with E-state index in [1.54, 1.807) is 18.0 Å². The Bertz CT molecular complexity index is 914. The molecular formula is C24H28N2O2. The Morgan fingerprint density at radius 2 is 1.68 bits per heavy atom. The number of amides is 2. The van der Waals surface area contributed by atoms with E-state index in [-0.39, 0.29) is 29.2 Å². The van der Waals surface area contributed by atoms with Crippen LogP contribution in [0.2, 0.25) is 0 Å². The topological polar surface area (TPSA) is 49.4 Å². The van der Waals surface area contributed by atoms with E-state index >= 15 is 0 Å². The highest BCUT2D eigenvalue weighted by atomic mass is 16.2. The molecular weight excluding hydrogens is 348 g/mol. The van der Waals surface area contributed by atoms with Crippen LogP contribution in [0.5, 0.6) is 0 Å². The second-order valence-corrected chi connectivity index (χ2v) is 8.72. The molecule has 0 aromatic heterocycles. The first-order valence-corrected chi connectivity index (χ1v) is 10.2. The Hall–Kier alpha value is -2.62. The van der Waals surface area contributed by atoms with Crippen molar-refractivity contribution in [3.8, 4) is 0 Å². The van der Waals surface area contributed by atoms with Gasteiger partial charge in [0.1, 0.15) is 0 Å². The summed E-state index contributed by atoms with van der Waals surface area (Å²) >= 11 is 0. The van der Waals surface area contributed by atoms with E-state index in [1.807, 2.05) is 24.3 Å². The van der Waals surface area contributed by atoms with Crippen molar-refractivity contribution in [1.29, 1.82) is 0 Å². The van der Waals surface area contributed by atoms with E-state index in [4.69, 9.17) is 0 Å². The predicted octanol–water partition coefficient (Wildman–Crippen LogP) is 4.60. The minimum Gasteiger partial charge on any atom is -0.345 e. The van der Waals surface area contributed by atoms with Crippen molar-refractivity contribution in [2.75, 3.05) is 11.9 Å². The Labute approximate surface area is 166 Å². The summed E-state index contributed by atoms with van der Waals surface area (Å²) in [6.45, 7) is 4.52. The molecule has 4 nitrogen and oxygen atoms in total. The maximum absolute atomic E-state index is 13.2. The first kappa shape index (κ1) is 18.7. The van der Waals surface area contributed by atoms with Crippen molar-refractivity contribution in [2.45, 2.75) is 51.0 Å². The molecule has 1 atom stereocenters. The van der Waals surface area contributed by atoms with Crippen LogP contribution in [0.1, 0.15) is 67.1 Å². The lowest BCUT2D eigenvalue weighted by Gasteiger charge is -2.37. The monoisotopic (exact) mass is 376 g/mol. The van der Waals surface area contributed by atoms with Gasteiger partial charge in [0.25, 0.3) is 5.91 Å². The van der Waals surface area contributed by atoms with Crippen LogP contribution >= 0.6 is 0 Å². The second-order valence-electron chi connectivity index (χ2n) is 8.72. The van der Waals surface area contributed by atoms with E-state index in [9.17, 15) is 9.59 Å². The van der Waals surface area contributed by atoms with Crippen LogP contribution in [0.3, 0.4) is 0 Å². The number of anilines is 1. The molecule has 2 aromatic rings. The van der Waals surface area contributed by atoms with Gasteiger partial charge in [0.2, 0.25) is 5.91 Å². The number of nitrogens with one attached hydrogen (secondary N) is 1. The van der Waals surface area contributed by atoms with Gasteiger partial charge in [-0.1, -0.05) is 50.2 Å². The average molecular weight is 377 g/mol. The van der Waals surface area contributed by atoms with E-state index < -0.39 is 0 Å². The van der Waals surface area contributed by atoms with Crippen LogP contribution in [-0.2, 0) is 10.2 Å². The van der Waals surface area contributed by atoms with Gasteiger partial charge in [-0.2, -0.15) is 0 Å². The third-order valence-corrected chi connectivity index (χ3v) is 6.20. The molecule has 1 saturated carbocycles. The summed E-state index contributed by atoms with van der Waals surface area (Å²) in [5.74, 6) is 0.101. The van der Waals surface area contributed by atoms with Gasteiger partial charge in [-0.25, -0.2) is 0 Å². The van der Waals surface area contributed by atoms with Gasteiger partial charge in [0.15, 0.2) is 0 Å². The summed E-state index contributed by atoms with van der Waals surface area (Å²) in [4.78, 5) is 27.3. The number of nitrogens with zero attached hydrogens (tertiary/aromatic N) is 1. The minimum absolute atomic E-state index is 0.00535. The van der Waals surface area contributed by atoms with Crippen molar-refractivity contribution in [1.82, 2.24) is 5.32 Å². The Morgan fingerprint density at radius 3 is 2.43 bits per heavy atom. The first-order chi connectivity index (χ1) is 13.4.